The average Bonchev–Trinajstić information content (AvgIpc) is 3.85. The number of carbonyl (C=O) groups is 2. The van der Waals surface area contributed by atoms with Crippen molar-refractivity contribution in [3.8, 4) is 0 Å². The molecule has 6 heterocycles. The Morgan fingerprint density at radius 1 is 0.614 bits per heavy atom. The van der Waals surface area contributed by atoms with Gasteiger partial charge in [-0.25, -0.2) is 9.59 Å². The van der Waals surface area contributed by atoms with Gasteiger partial charge in [0.25, 0.3) is 0 Å². The fraction of sp³-hybridized carbons (Fsp3) is 0.667. The summed E-state index contributed by atoms with van der Waals surface area (Å²) in [6.45, 7) is 15.1. The summed E-state index contributed by atoms with van der Waals surface area (Å²) < 4.78 is 60.0. The first-order valence-corrected chi connectivity index (χ1v) is 14.6. The standard InChI is InChI=1S/C30H38O14/c1-5-9-35-14-12-38-23-19(14)42-25(24(23)36-10-6-2)20-17(34)21-26(43-20)28(40-16(33)8-4)30(44-21)29-27(39-15(32)7-3)22-18(41-29)13(31)11-37-22/h5-8,13-14,17-31,34H,1-4,9-12H2/t13-,14+,17+,18-,19-,20?,21-,22+,23+,24+,25?,26+,27+,28+,29?,30?/m1/s1. The molecule has 0 saturated carbocycles. The van der Waals surface area contributed by atoms with Crippen LogP contribution in [0.2, 0.25) is 0 Å². The summed E-state index contributed by atoms with van der Waals surface area (Å²) in [5.74, 6) is -1.51. The molecule has 6 saturated heterocycles. The maximum atomic E-state index is 12.5. The Morgan fingerprint density at radius 2 is 1.09 bits per heavy atom. The van der Waals surface area contributed by atoms with Crippen molar-refractivity contribution in [1.29, 1.82) is 0 Å². The molecule has 16 atom stereocenters. The third-order valence-corrected chi connectivity index (χ3v) is 8.82. The molecule has 0 aromatic rings. The van der Waals surface area contributed by atoms with Crippen molar-refractivity contribution in [2.24, 2.45) is 0 Å². The molecule has 6 fully saturated rings. The van der Waals surface area contributed by atoms with Gasteiger partial charge >= 0.3 is 11.9 Å². The smallest absolute Gasteiger partial charge is 0.330 e. The minimum Gasteiger partial charge on any atom is -0.453 e. The number of esters is 2. The van der Waals surface area contributed by atoms with Crippen molar-refractivity contribution >= 4 is 11.9 Å². The number of aliphatic hydroxyl groups excluding tert-OH is 2. The summed E-state index contributed by atoms with van der Waals surface area (Å²) in [6.07, 6.45) is -8.74. The van der Waals surface area contributed by atoms with E-state index in [1.54, 1.807) is 12.2 Å². The molecule has 0 radical (unpaired) electrons. The van der Waals surface area contributed by atoms with Crippen molar-refractivity contribution in [1.82, 2.24) is 0 Å². The second kappa shape index (κ2) is 13.1. The van der Waals surface area contributed by atoms with Crippen LogP contribution in [-0.2, 0) is 57.0 Å². The van der Waals surface area contributed by atoms with E-state index in [2.05, 4.69) is 26.3 Å². The third-order valence-electron chi connectivity index (χ3n) is 8.82. The quantitative estimate of drug-likeness (QED) is 0.153. The lowest BCUT2D eigenvalue weighted by atomic mass is 9.96. The topological polar surface area (TPSA) is 167 Å². The van der Waals surface area contributed by atoms with Gasteiger partial charge in [0.05, 0.1) is 26.4 Å². The molecule has 0 aromatic heterocycles. The molecule has 44 heavy (non-hydrogen) atoms. The Balaban J connectivity index is 1.24. The molecular weight excluding hydrogens is 584 g/mol. The van der Waals surface area contributed by atoms with E-state index < -0.39 is 103 Å². The summed E-state index contributed by atoms with van der Waals surface area (Å²) in [6, 6.07) is 0. The first kappa shape index (κ1) is 31.5. The first-order chi connectivity index (χ1) is 21.3. The average molecular weight is 623 g/mol. The van der Waals surface area contributed by atoms with Gasteiger partial charge < -0.3 is 57.6 Å². The monoisotopic (exact) mass is 622 g/mol. The zero-order chi connectivity index (χ0) is 31.1. The van der Waals surface area contributed by atoms with Crippen LogP contribution in [0.25, 0.3) is 0 Å². The minimum absolute atomic E-state index is 0.0129. The second-order valence-corrected chi connectivity index (χ2v) is 11.4. The van der Waals surface area contributed by atoms with E-state index in [1.165, 1.54) is 0 Å². The highest BCUT2D eigenvalue weighted by molar-refractivity contribution is 5.82. The molecule has 0 aromatic carbocycles. The minimum atomic E-state index is -1.27. The molecule has 2 N–H and O–H groups in total. The van der Waals surface area contributed by atoms with Crippen LogP contribution in [0.1, 0.15) is 0 Å². The second-order valence-electron chi connectivity index (χ2n) is 11.4. The molecule has 0 aliphatic carbocycles. The Labute approximate surface area is 254 Å². The summed E-state index contributed by atoms with van der Waals surface area (Å²) in [4.78, 5) is 24.7. The van der Waals surface area contributed by atoms with Crippen LogP contribution in [-0.4, -0.2) is 146 Å². The van der Waals surface area contributed by atoms with E-state index in [1.807, 2.05) is 0 Å². The highest BCUT2D eigenvalue weighted by Gasteiger charge is 2.68. The van der Waals surface area contributed by atoms with Crippen LogP contribution in [0, 0.1) is 0 Å². The highest BCUT2D eigenvalue weighted by atomic mass is 16.7. The third kappa shape index (κ3) is 5.47. The molecule has 0 bridgehead atoms. The summed E-state index contributed by atoms with van der Waals surface area (Å²) in [5.41, 5.74) is 0. The molecule has 14 nitrogen and oxygen atoms in total. The van der Waals surface area contributed by atoms with Crippen molar-refractivity contribution in [3.63, 3.8) is 0 Å². The molecule has 14 heteroatoms. The maximum absolute atomic E-state index is 12.5. The molecular formula is C30H38O14. The van der Waals surface area contributed by atoms with E-state index in [-0.39, 0.29) is 19.3 Å². The SMILES string of the molecule is C=CCO[C@H]1CO[C@H]2[C@@H]1OC(C1O[C@H]3[C@H](OC(C4O[C@H]5[C@H](OC[C@H]5O)[C@@H]4OC(=O)C=C)[C@H]3OC(=O)C=C)[C@H]1O)[C@H]2OCC=C. The summed E-state index contributed by atoms with van der Waals surface area (Å²) >= 11 is 0. The van der Waals surface area contributed by atoms with E-state index in [9.17, 15) is 19.8 Å². The lowest BCUT2D eigenvalue weighted by Gasteiger charge is -2.33. The van der Waals surface area contributed by atoms with Crippen molar-refractivity contribution in [2.45, 2.75) is 97.7 Å². The summed E-state index contributed by atoms with van der Waals surface area (Å²) in [5, 5.41) is 22.0. The van der Waals surface area contributed by atoms with Gasteiger partial charge in [0.1, 0.15) is 85.5 Å². The molecule has 4 unspecified atom stereocenters. The fourth-order valence-corrected chi connectivity index (χ4v) is 7.00. The number of hydrogen-bond donors (Lipinski definition) is 2. The zero-order valence-corrected chi connectivity index (χ0v) is 24.0. The molecule has 6 aliphatic heterocycles. The van der Waals surface area contributed by atoms with Gasteiger partial charge in [-0.1, -0.05) is 25.3 Å². The first-order valence-electron chi connectivity index (χ1n) is 14.6. The molecule has 0 spiro atoms. The van der Waals surface area contributed by atoms with Crippen molar-refractivity contribution in [3.05, 3.63) is 50.6 Å². The number of aliphatic hydroxyl groups is 2. The molecule has 242 valence electrons. The normalized spacial score (nSPS) is 47.0. The van der Waals surface area contributed by atoms with Crippen LogP contribution < -0.4 is 0 Å². The van der Waals surface area contributed by atoms with Crippen molar-refractivity contribution in [2.75, 3.05) is 26.4 Å². The van der Waals surface area contributed by atoms with Gasteiger partial charge in [-0.2, -0.15) is 0 Å². The number of rotatable bonds is 12. The van der Waals surface area contributed by atoms with Crippen LogP contribution in [0.15, 0.2) is 50.6 Å². The van der Waals surface area contributed by atoms with Gasteiger partial charge in [-0.3, -0.25) is 0 Å². The number of fused-ring (bicyclic) bond motifs is 3. The zero-order valence-electron chi connectivity index (χ0n) is 24.0. The van der Waals surface area contributed by atoms with Crippen LogP contribution >= 0.6 is 0 Å². The van der Waals surface area contributed by atoms with Gasteiger partial charge in [0.2, 0.25) is 0 Å². The summed E-state index contributed by atoms with van der Waals surface area (Å²) in [7, 11) is 0. The number of carbonyl (C=O) groups excluding carboxylic acids is 2. The largest absolute Gasteiger partial charge is 0.453 e. The highest BCUT2D eigenvalue weighted by Crippen LogP contribution is 2.46. The maximum Gasteiger partial charge on any atom is 0.330 e. The van der Waals surface area contributed by atoms with Crippen LogP contribution in [0.5, 0.6) is 0 Å². The number of ether oxygens (including phenoxy) is 10. The molecule has 0 amide bonds. The Hall–Kier alpha value is -2.50. The van der Waals surface area contributed by atoms with E-state index >= 15 is 0 Å². The van der Waals surface area contributed by atoms with E-state index in [0.29, 0.717) is 13.2 Å². The van der Waals surface area contributed by atoms with E-state index in [0.717, 1.165) is 12.2 Å². The van der Waals surface area contributed by atoms with Gasteiger partial charge in [-0.05, 0) is 0 Å². The van der Waals surface area contributed by atoms with Gasteiger partial charge in [0.15, 0.2) is 12.2 Å². The van der Waals surface area contributed by atoms with Crippen LogP contribution in [0.4, 0.5) is 0 Å². The van der Waals surface area contributed by atoms with Crippen LogP contribution in [0.3, 0.4) is 0 Å². The predicted octanol–water partition coefficient (Wildman–Crippen LogP) is -1.09. The lowest BCUT2D eigenvalue weighted by Crippen LogP contribution is -2.51. The van der Waals surface area contributed by atoms with Gasteiger partial charge in [0, 0.05) is 12.2 Å². The Bertz CT molecular complexity index is 1130. The molecule has 6 aliphatic rings. The van der Waals surface area contributed by atoms with Crippen molar-refractivity contribution < 1.29 is 67.2 Å². The lowest BCUT2D eigenvalue weighted by molar-refractivity contribution is -0.190. The predicted molar refractivity (Wildman–Crippen MR) is 146 cm³/mol. The molecule has 6 rings (SSSR count). The Morgan fingerprint density at radius 3 is 1.70 bits per heavy atom. The fourth-order valence-electron chi connectivity index (χ4n) is 7.00. The Kier molecular flexibility index (Phi) is 9.36. The van der Waals surface area contributed by atoms with E-state index in [4.69, 9.17) is 47.4 Å². The number of hydrogen-bond acceptors (Lipinski definition) is 14. The van der Waals surface area contributed by atoms with Gasteiger partial charge in [-0.15, -0.1) is 13.2 Å².